The van der Waals surface area contributed by atoms with Gasteiger partial charge in [-0.3, -0.25) is 0 Å². The first-order valence-corrected chi connectivity index (χ1v) is 10.6. The van der Waals surface area contributed by atoms with Gasteiger partial charge in [-0.05, 0) is 31.0 Å². The van der Waals surface area contributed by atoms with Gasteiger partial charge in [0.15, 0.2) is 29.3 Å². The van der Waals surface area contributed by atoms with E-state index in [4.69, 9.17) is 20.9 Å². The van der Waals surface area contributed by atoms with Crippen molar-refractivity contribution < 1.29 is 28.5 Å². The van der Waals surface area contributed by atoms with Gasteiger partial charge >= 0.3 is 0 Å². The van der Waals surface area contributed by atoms with Gasteiger partial charge in [0.25, 0.3) is 0 Å². The Kier molecular flexibility index (Phi) is 4.43. The molecule has 1 saturated heterocycles. The largest absolute Gasteiger partial charge is 0.488 e. The summed E-state index contributed by atoms with van der Waals surface area (Å²) in [4.78, 5) is 11.9. The first-order chi connectivity index (χ1) is 16.3. The Labute approximate surface area is 190 Å². The lowest BCUT2D eigenvalue weighted by Crippen LogP contribution is -2.47. The molecule has 0 bridgehead atoms. The third-order valence-corrected chi connectivity index (χ3v) is 6.65. The van der Waals surface area contributed by atoms with Crippen molar-refractivity contribution in [1.82, 2.24) is 19.5 Å². The third-order valence-electron chi connectivity index (χ3n) is 6.65. The molecule has 3 aromatic heterocycles. The average Bonchev–Trinajstić information content (AvgIpc) is 3.39. The standard InChI is InChI=1S/C22H20F2N6O4/c23-11-5-9-1-2-10(6-13(9)29-18(11)25)33-14-3-4-22(32)16(31)21(34-17(14)22)30-7-12(24)15-19(26)27-8-28-20(15)30/h1-2,5-8,14,16-17,21,31-32H,3-4H2,(H2,25,29)(H2,26,27,28)/t14-,16-,17+,21+,22-/m0/s1. The monoisotopic (exact) mass is 470 g/mol. The molecule has 34 heavy (non-hydrogen) atoms. The molecule has 10 nitrogen and oxygen atoms in total. The topological polar surface area (TPSA) is 155 Å². The predicted molar refractivity (Wildman–Crippen MR) is 117 cm³/mol. The number of hydrogen-bond donors (Lipinski definition) is 4. The highest BCUT2D eigenvalue weighted by Crippen LogP contribution is 2.48. The summed E-state index contributed by atoms with van der Waals surface area (Å²) in [5.74, 6) is -1.12. The van der Waals surface area contributed by atoms with E-state index in [-0.39, 0.29) is 29.1 Å². The summed E-state index contributed by atoms with van der Waals surface area (Å²) in [5, 5.41) is 22.8. The molecule has 12 heteroatoms. The highest BCUT2D eigenvalue weighted by Gasteiger charge is 2.63. The Morgan fingerprint density at radius 1 is 1.15 bits per heavy atom. The maximum Gasteiger partial charge on any atom is 0.165 e. The molecular weight excluding hydrogens is 450 g/mol. The summed E-state index contributed by atoms with van der Waals surface area (Å²) in [5.41, 5.74) is 10.3. The van der Waals surface area contributed by atoms with Crippen molar-refractivity contribution >= 4 is 33.6 Å². The van der Waals surface area contributed by atoms with Crippen LogP contribution >= 0.6 is 0 Å². The quantitative estimate of drug-likeness (QED) is 0.350. The summed E-state index contributed by atoms with van der Waals surface area (Å²) < 4.78 is 41.6. The Balaban J connectivity index is 1.31. The SMILES string of the molecule is Nc1nc2cc(O[C@H]3CC[C@@]4(O)[C@@H]3O[C@@H](n3cc(F)c5c(N)ncnc53)[C@@H]4O)ccc2cc1F. The first kappa shape index (κ1) is 21.0. The van der Waals surface area contributed by atoms with E-state index in [1.807, 2.05) is 0 Å². The van der Waals surface area contributed by atoms with Gasteiger partial charge < -0.3 is 35.7 Å². The highest BCUT2D eigenvalue weighted by molar-refractivity contribution is 5.87. The highest BCUT2D eigenvalue weighted by atomic mass is 19.1. The molecule has 4 aromatic rings. The van der Waals surface area contributed by atoms with Crippen molar-refractivity contribution in [2.45, 2.75) is 43.0 Å². The van der Waals surface area contributed by atoms with E-state index in [2.05, 4.69) is 15.0 Å². The third kappa shape index (κ3) is 2.92. The van der Waals surface area contributed by atoms with Gasteiger partial charge in [-0.2, -0.15) is 0 Å². The van der Waals surface area contributed by atoms with Gasteiger partial charge in [0.1, 0.15) is 41.8 Å². The van der Waals surface area contributed by atoms with Crippen LogP contribution in [0.5, 0.6) is 5.75 Å². The minimum atomic E-state index is -1.62. The first-order valence-electron chi connectivity index (χ1n) is 10.6. The van der Waals surface area contributed by atoms with Gasteiger partial charge in [-0.25, -0.2) is 23.7 Å². The van der Waals surface area contributed by atoms with Crippen molar-refractivity contribution in [3.05, 3.63) is 48.4 Å². The number of aliphatic hydroxyl groups is 2. The predicted octanol–water partition coefficient (Wildman–Crippen LogP) is 1.65. The van der Waals surface area contributed by atoms with Crippen molar-refractivity contribution in [2.75, 3.05) is 11.5 Å². The molecule has 0 unspecified atom stereocenters. The Hall–Kier alpha value is -3.61. The van der Waals surface area contributed by atoms with Crippen LogP contribution in [0.3, 0.4) is 0 Å². The van der Waals surface area contributed by atoms with Crippen LogP contribution in [0.4, 0.5) is 20.4 Å². The number of halogens is 2. The number of hydrogen-bond acceptors (Lipinski definition) is 9. The van der Waals surface area contributed by atoms with Crippen molar-refractivity contribution in [1.29, 1.82) is 0 Å². The fourth-order valence-corrected chi connectivity index (χ4v) is 4.96. The minimum absolute atomic E-state index is 0.00882. The van der Waals surface area contributed by atoms with E-state index >= 15 is 0 Å². The summed E-state index contributed by atoms with van der Waals surface area (Å²) in [6.07, 6.45) is -1.13. The van der Waals surface area contributed by atoms with Crippen LogP contribution in [0.25, 0.3) is 21.9 Å². The smallest absolute Gasteiger partial charge is 0.165 e. The zero-order valence-electron chi connectivity index (χ0n) is 17.6. The number of rotatable bonds is 3. The van der Waals surface area contributed by atoms with Gasteiger partial charge in [0.2, 0.25) is 0 Å². The van der Waals surface area contributed by atoms with Crippen LogP contribution < -0.4 is 16.2 Å². The summed E-state index contributed by atoms with van der Waals surface area (Å²) in [7, 11) is 0. The molecule has 0 radical (unpaired) electrons. The van der Waals surface area contributed by atoms with Gasteiger partial charge in [0.05, 0.1) is 10.9 Å². The molecule has 0 spiro atoms. The molecule has 0 amide bonds. The summed E-state index contributed by atoms with van der Waals surface area (Å²) >= 11 is 0. The van der Waals surface area contributed by atoms with E-state index in [9.17, 15) is 19.0 Å². The number of aliphatic hydroxyl groups excluding tert-OH is 1. The summed E-state index contributed by atoms with van der Waals surface area (Å²) in [6.45, 7) is 0. The fraction of sp³-hybridized carbons (Fsp3) is 0.318. The molecule has 176 valence electrons. The molecule has 1 saturated carbocycles. The van der Waals surface area contributed by atoms with Gasteiger partial charge in [-0.1, -0.05) is 0 Å². The normalized spacial score (nSPS) is 28.6. The Morgan fingerprint density at radius 2 is 1.97 bits per heavy atom. The number of pyridine rings is 1. The number of anilines is 2. The molecule has 2 aliphatic rings. The van der Waals surface area contributed by atoms with Crippen LogP contribution in [-0.4, -0.2) is 53.6 Å². The number of aromatic nitrogens is 4. The number of fused-ring (bicyclic) bond motifs is 3. The van der Waals surface area contributed by atoms with Crippen LogP contribution in [0.15, 0.2) is 36.8 Å². The number of benzene rings is 1. The number of nitrogen functional groups attached to an aromatic ring is 2. The van der Waals surface area contributed by atoms with Crippen LogP contribution in [0.1, 0.15) is 19.1 Å². The molecular formula is C22H20F2N6O4. The molecule has 6 N–H and O–H groups in total. The minimum Gasteiger partial charge on any atom is -0.488 e. The second-order valence-corrected chi connectivity index (χ2v) is 8.63. The lowest BCUT2D eigenvalue weighted by atomic mass is 9.94. The number of nitrogens with zero attached hydrogens (tertiary/aromatic N) is 4. The molecule has 2 fully saturated rings. The van der Waals surface area contributed by atoms with E-state index in [1.165, 1.54) is 17.0 Å². The Morgan fingerprint density at radius 3 is 2.79 bits per heavy atom. The molecule has 4 heterocycles. The molecule has 5 atom stereocenters. The molecule has 1 aliphatic heterocycles. The average molecular weight is 470 g/mol. The molecule has 6 rings (SSSR count). The number of nitrogens with two attached hydrogens (primary N) is 2. The van der Waals surface area contributed by atoms with Crippen molar-refractivity contribution in [2.24, 2.45) is 0 Å². The Bertz CT molecular complexity index is 1450. The van der Waals surface area contributed by atoms with Crippen molar-refractivity contribution in [3.63, 3.8) is 0 Å². The maximum atomic E-state index is 14.5. The number of ether oxygens (including phenoxy) is 2. The maximum absolute atomic E-state index is 14.5. The zero-order valence-corrected chi connectivity index (χ0v) is 17.6. The van der Waals surface area contributed by atoms with Crippen LogP contribution in [0, 0.1) is 11.6 Å². The van der Waals surface area contributed by atoms with Gasteiger partial charge in [-0.15, -0.1) is 0 Å². The lowest BCUT2D eigenvalue weighted by molar-refractivity contribution is -0.0791. The second-order valence-electron chi connectivity index (χ2n) is 8.63. The van der Waals surface area contributed by atoms with Crippen molar-refractivity contribution in [3.8, 4) is 5.75 Å². The lowest BCUT2D eigenvalue weighted by Gasteiger charge is -2.26. The molecule has 1 aliphatic carbocycles. The van der Waals surface area contributed by atoms with E-state index in [1.54, 1.807) is 18.2 Å². The van der Waals surface area contributed by atoms with Crippen LogP contribution in [-0.2, 0) is 4.74 Å². The fourth-order valence-electron chi connectivity index (χ4n) is 4.96. The zero-order chi connectivity index (χ0) is 23.8. The van der Waals surface area contributed by atoms with E-state index in [0.717, 1.165) is 6.20 Å². The summed E-state index contributed by atoms with van der Waals surface area (Å²) in [6, 6.07) is 6.19. The van der Waals surface area contributed by atoms with E-state index < -0.39 is 41.8 Å². The van der Waals surface area contributed by atoms with Gasteiger partial charge in [0, 0.05) is 17.6 Å². The molecule has 1 aromatic carbocycles. The van der Waals surface area contributed by atoms with Crippen LogP contribution in [0.2, 0.25) is 0 Å². The van der Waals surface area contributed by atoms with E-state index in [0.29, 0.717) is 23.1 Å². The second kappa shape index (κ2) is 7.19.